The summed E-state index contributed by atoms with van der Waals surface area (Å²) in [6.07, 6.45) is 0. The minimum absolute atomic E-state index is 0.249. The summed E-state index contributed by atoms with van der Waals surface area (Å²) in [6, 6.07) is 7.47. The van der Waals surface area contributed by atoms with Gasteiger partial charge in [0.1, 0.15) is 17.5 Å². The molecule has 1 nitrogen and oxygen atoms in total. The van der Waals surface area contributed by atoms with Gasteiger partial charge in [0.05, 0.1) is 0 Å². The summed E-state index contributed by atoms with van der Waals surface area (Å²) in [5, 5.41) is 2.96. The molecule has 0 bridgehead atoms. The molecule has 0 radical (unpaired) electrons. The zero-order valence-electron chi connectivity index (χ0n) is 9.18. The van der Waals surface area contributed by atoms with E-state index < -0.39 is 11.6 Å². The van der Waals surface area contributed by atoms with E-state index in [1.165, 1.54) is 24.3 Å². The van der Waals surface area contributed by atoms with Crippen molar-refractivity contribution in [3.05, 3.63) is 63.9 Å². The van der Waals surface area contributed by atoms with Gasteiger partial charge in [-0.05, 0) is 51.8 Å². The zero-order chi connectivity index (χ0) is 13.1. The predicted octanol–water partition coefficient (Wildman–Crippen LogP) is 4.48. The van der Waals surface area contributed by atoms with Crippen LogP contribution in [0.1, 0.15) is 5.56 Å². The van der Waals surface area contributed by atoms with Gasteiger partial charge in [0.25, 0.3) is 0 Å². The van der Waals surface area contributed by atoms with Crippen molar-refractivity contribution >= 4 is 21.6 Å². The van der Waals surface area contributed by atoms with Crippen LogP contribution in [0.4, 0.5) is 18.9 Å². The Morgan fingerprint density at radius 1 is 0.889 bits per heavy atom. The van der Waals surface area contributed by atoms with Gasteiger partial charge in [-0.25, -0.2) is 13.2 Å². The van der Waals surface area contributed by atoms with Gasteiger partial charge in [-0.15, -0.1) is 0 Å². The van der Waals surface area contributed by atoms with Crippen LogP contribution in [0.25, 0.3) is 0 Å². The number of hydrogen-bond donors (Lipinski definition) is 1. The predicted molar refractivity (Wildman–Crippen MR) is 67.8 cm³/mol. The summed E-state index contributed by atoms with van der Waals surface area (Å²) in [4.78, 5) is 0. The Balaban J connectivity index is 2.11. The maximum absolute atomic E-state index is 13.0. The van der Waals surface area contributed by atoms with Crippen molar-refractivity contribution < 1.29 is 13.2 Å². The van der Waals surface area contributed by atoms with Crippen LogP contribution in [-0.4, -0.2) is 0 Å². The fraction of sp³-hybridized carbons (Fsp3) is 0.0769. The van der Waals surface area contributed by atoms with E-state index in [0.29, 0.717) is 15.7 Å². The summed E-state index contributed by atoms with van der Waals surface area (Å²) in [5.74, 6) is -1.60. The van der Waals surface area contributed by atoms with Crippen LogP contribution < -0.4 is 5.32 Å². The van der Waals surface area contributed by atoms with E-state index in [-0.39, 0.29) is 12.4 Å². The van der Waals surface area contributed by atoms with Crippen molar-refractivity contribution in [3.63, 3.8) is 0 Å². The number of halogens is 4. The Hall–Kier alpha value is -1.49. The Morgan fingerprint density at radius 3 is 2.17 bits per heavy atom. The van der Waals surface area contributed by atoms with Crippen LogP contribution in [0, 0.1) is 17.5 Å². The molecule has 0 aliphatic rings. The summed E-state index contributed by atoms with van der Waals surface area (Å²) in [7, 11) is 0. The lowest BCUT2D eigenvalue weighted by Crippen LogP contribution is -2.01. The standard InChI is InChI=1S/C13H9BrF3N/c14-12-6-9(15)1-2-13(12)18-7-8-3-10(16)5-11(17)4-8/h1-6,18H,7H2. The van der Waals surface area contributed by atoms with Crippen LogP contribution in [0.15, 0.2) is 40.9 Å². The first-order valence-corrected chi connectivity index (χ1v) is 5.98. The highest BCUT2D eigenvalue weighted by Crippen LogP contribution is 2.23. The molecule has 0 atom stereocenters. The molecule has 0 heterocycles. The first-order valence-electron chi connectivity index (χ1n) is 5.18. The lowest BCUT2D eigenvalue weighted by atomic mass is 10.2. The Kier molecular flexibility index (Phi) is 3.91. The third-order valence-corrected chi connectivity index (χ3v) is 2.99. The van der Waals surface area contributed by atoms with Crippen molar-refractivity contribution in [2.45, 2.75) is 6.54 Å². The Bertz CT molecular complexity index is 552. The monoisotopic (exact) mass is 315 g/mol. The summed E-state index contributed by atoms with van der Waals surface area (Å²) in [6.45, 7) is 0.249. The molecule has 0 amide bonds. The second kappa shape index (κ2) is 5.44. The molecule has 0 aliphatic heterocycles. The van der Waals surface area contributed by atoms with Gasteiger partial charge in [0.2, 0.25) is 0 Å². The van der Waals surface area contributed by atoms with E-state index in [9.17, 15) is 13.2 Å². The van der Waals surface area contributed by atoms with Crippen molar-refractivity contribution in [1.29, 1.82) is 0 Å². The Labute approximate surface area is 111 Å². The van der Waals surface area contributed by atoms with Crippen molar-refractivity contribution in [2.75, 3.05) is 5.32 Å². The normalized spacial score (nSPS) is 10.4. The molecule has 0 saturated carbocycles. The second-order valence-electron chi connectivity index (χ2n) is 3.76. The van der Waals surface area contributed by atoms with Crippen molar-refractivity contribution in [1.82, 2.24) is 0 Å². The molecule has 1 N–H and O–H groups in total. The topological polar surface area (TPSA) is 12.0 Å². The maximum Gasteiger partial charge on any atom is 0.126 e. The van der Waals surface area contributed by atoms with Crippen LogP contribution >= 0.6 is 15.9 Å². The first kappa shape index (κ1) is 13.0. The minimum Gasteiger partial charge on any atom is -0.380 e. The highest BCUT2D eigenvalue weighted by atomic mass is 79.9. The molecule has 0 saturated heterocycles. The molecular formula is C13H9BrF3N. The number of benzene rings is 2. The quantitative estimate of drug-likeness (QED) is 0.880. The molecule has 0 fully saturated rings. The van der Waals surface area contributed by atoms with Gasteiger partial charge in [0.15, 0.2) is 0 Å². The SMILES string of the molecule is Fc1cc(F)cc(CNc2ccc(F)cc2Br)c1. The van der Waals surface area contributed by atoms with Gasteiger partial charge < -0.3 is 5.32 Å². The molecule has 0 aliphatic carbocycles. The second-order valence-corrected chi connectivity index (χ2v) is 4.61. The summed E-state index contributed by atoms with van der Waals surface area (Å²) >= 11 is 3.20. The van der Waals surface area contributed by atoms with E-state index in [1.54, 1.807) is 6.07 Å². The molecule has 18 heavy (non-hydrogen) atoms. The molecule has 2 aromatic carbocycles. The maximum atomic E-state index is 13.0. The van der Waals surface area contributed by atoms with Crippen LogP contribution in [0.5, 0.6) is 0 Å². The average Bonchev–Trinajstić information content (AvgIpc) is 2.26. The van der Waals surface area contributed by atoms with E-state index in [0.717, 1.165) is 6.07 Å². The third kappa shape index (κ3) is 3.26. The zero-order valence-corrected chi connectivity index (χ0v) is 10.8. The number of hydrogen-bond acceptors (Lipinski definition) is 1. The molecular weight excluding hydrogens is 307 g/mol. The van der Waals surface area contributed by atoms with Gasteiger partial charge in [-0.2, -0.15) is 0 Å². The van der Waals surface area contributed by atoms with Crippen LogP contribution in [0.2, 0.25) is 0 Å². The first-order chi connectivity index (χ1) is 8.54. The van der Waals surface area contributed by atoms with Crippen molar-refractivity contribution in [2.24, 2.45) is 0 Å². The molecule has 2 aromatic rings. The molecule has 5 heteroatoms. The summed E-state index contributed by atoms with van der Waals surface area (Å²) < 4.78 is 39.3. The molecule has 2 rings (SSSR count). The smallest absolute Gasteiger partial charge is 0.126 e. The number of anilines is 1. The van der Waals surface area contributed by atoms with E-state index >= 15 is 0 Å². The van der Waals surface area contributed by atoms with Crippen LogP contribution in [0.3, 0.4) is 0 Å². The lowest BCUT2D eigenvalue weighted by Gasteiger charge is -2.09. The molecule has 94 valence electrons. The van der Waals surface area contributed by atoms with Gasteiger partial charge in [-0.3, -0.25) is 0 Å². The minimum atomic E-state index is -0.620. The van der Waals surface area contributed by atoms with Crippen molar-refractivity contribution in [3.8, 4) is 0 Å². The fourth-order valence-corrected chi connectivity index (χ4v) is 2.03. The molecule has 0 spiro atoms. The molecule has 0 aromatic heterocycles. The van der Waals surface area contributed by atoms with Gasteiger partial charge in [-0.1, -0.05) is 0 Å². The average molecular weight is 316 g/mol. The van der Waals surface area contributed by atoms with Gasteiger partial charge in [0, 0.05) is 22.8 Å². The van der Waals surface area contributed by atoms with Gasteiger partial charge >= 0.3 is 0 Å². The third-order valence-electron chi connectivity index (χ3n) is 2.34. The van der Waals surface area contributed by atoms with Crippen LogP contribution in [-0.2, 0) is 6.54 Å². The highest BCUT2D eigenvalue weighted by molar-refractivity contribution is 9.10. The number of rotatable bonds is 3. The van der Waals surface area contributed by atoms with E-state index in [2.05, 4.69) is 21.2 Å². The largest absolute Gasteiger partial charge is 0.380 e. The van der Waals surface area contributed by atoms with E-state index in [1.807, 2.05) is 0 Å². The molecule has 0 unspecified atom stereocenters. The lowest BCUT2D eigenvalue weighted by molar-refractivity contribution is 0.580. The highest BCUT2D eigenvalue weighted by Gasteiger charge is 2.03. The van der Waals surface area contributed by atoms with E-state index in [4.69, 9.17) is 0 Å². The Morgan fingerprint density at radius 2 is 1.56 bits per heavy atom. The summed E-state index contributed by atoms with van der Waals surface area (Å²) in [5.41, 5.74) is 1.13. The number of nitrogens with one attached hydrogen (secondary N) is 1. The fourth-order valence-electron chi connectivity index (χ4n) is 1.54.